The molecular formula is C35H31Cl2N3O6. The summed E-state index contributed by atoms with van der Waals surface area (Å²) in [7, 11) is 0. The van der Waals surface area contributed by atoms with Gasteiger partial charge < -0.3 is 23.9 Å². The quantitative estimate of drug-likeness (QED) is 0.0603. The number of benzene rings is 4. The maximum absolute atomic E-state index is 13.4. The normalized spacial score (nSPS) is 11.1. The third-order valence-electron chi connectivity index (χ3n) is 6.73. The van der Waals surface area contributed by atoms with Crippen LogP contribution >= 0.6 is 23.2 Å². The van der Waals surface area contributed by atoms with Gasteiger partial charge in [0.2, 0.25) is 0 Å². The van der Waals surface area contributed by atoms with Crippen LogP contribution in [0.5, 0.6) is 23.0 Å². The van der Waals surface area contributed by atoms with E-state index in [0.717, 1.165) is 5.56 Å². The zero-order valence-electron chi connectivity index (χ0n) is 25.4. The van der Waals surface area contributed by atoms with Crippen molar-refractivity contribution in [1.82, 2.24) is 10.4 Å². The predicted molar refractivity (Wildman–Crippen MR) is 180 cm³/mol. The SMILES string of the molecule is CCOc1ccc(C(=O)Oc2ccc(C=NNC(=O)c3[nH]c4cc(Cl)cc(Cl)c4c3-c3ccccc3)cc2OCC)cc1OCC. The van der Waals surface area contributed by atoms with Gasteiger partial charge in [-0.05, 0) is 80.4 Å². The molecule has 0 aliphatic heterocycles. The Labute approximate surface area is 276 Å². The molecule has 0 radical (unpaired) electrons. The Hall–Kier alpha value is -4.99. The highest BCUT2D eigenvalue weighted by atomic mass is 35.5. The van der Waals surface area contributed by atoms with Gasteiger partial charge in [-0.3, -0.25) is 4.79 Å². The van der Waals surface area contributed by atoms with Crippen molar-refractivity contribution in [3.05, 3.63) is 106 Å². The van der Waals surface area contributed by atoms with Crippen LogP contribution in [0.15, 0.2) is 84.0 Å². The van der Waals surface area contributed by atoms with Gasteiger partial charge in [-0.1, -0.05) is 53.5 Å². The van der Waals surface area contributed by atoms with Crippen molar-refractivity contribution < 1.29 is 28.5 Å². The van der Waals surface area contributed by atoms with E-state index in [0.29, 0.717) is 69.1 Å². The summed E-state index contributed by atoms with van der Waals surface area (Å²) in [5.74, 6) is 0.480. The van der Waals surface area contributed by atoms with Gasteiger partial charge >= 0.3 is 5.97 Å². The number of carbonyl (C=O) groups excluding carboxylic acids is 2. The lowest BCUT2D eigenvalue weighted by molar-refractivity contribution is 0.0727. The van der Waals surface area contributed by atoms with E-state index in [2.05, 4.69) is 15.5 Å². The average molecular weight is 661 g/mol. The number of aromatic nitrogens is 1. The Bertz CT molecular complexity index is 1910. The molecule has 5 rings (SSSR count). The van der Waals surface area contributed by atoms with Crippen molar-refractivity contribution in [1.29, 1.82) is 0 Å². The summed E-state index contributed by atoms with van der Waals surface area (Å²) >= 11 is 12.8. The average Bonchev–Trinajstić information content (AvgIpc) is 3.43. The molecule has 5 aromatic rings. The third kappa shape index (κ3) is 7.28. The maximum atomic E-state index is 13.4. The molecule has 0 aliphatic rings. The van der Waals surface area contributed by atoms with Crippen LogP contribution in [0, 0.1) is 0 Å². The number of nitrogens with zero attached hydrogens (tertiary/aromatic N) is 1. The molecule has 0 atom stereocenters. The van der Waals surface area contributed by atoms with Gasteiger partial charge in [-0.25, -0.2) is 10.2 Å². The topological polar surface area (TPSA) is 111 Å². The highest BCUT2D eigenvalue weighted by molar-refractivity contribution is 6.40. The highest BCUT2D eigenvalue weighted by Crippen LogP contribution is 2.38. The number of carbonyl (C=O) groups is 2. The Morgan fingerprint density at radius 2 is 1.48 bits per heavy atom. The largest absolute Gasteiger partial charge is 0.490 e. The fourth-order valence-corrected chi connectivity index (χ4v) is 5.42. The number of esters is 1. The number of nitrogens with one attached hydrogen (secondary N) is 2. The molecule has 46 heavy (non-hydrogen) atoms. The third-order valence-corrected chi connectivity index (χ3v) is 7.25. The Balaban J connectivity index is 1.35. The monoisotopic (exact) mass is 659 g/mol. The van der Waals surface area contributed by atoms with Gasteiger partial charge in [-0.2, -0.15) is 5.10 Å². The molecule has 11 heteroatoms. The number of rotatable bonds is 12. The van der Waals surface area contributed by atoms with Crippen LogP contribution in [-0.2, 0) is 0 Å². The van der Waals surface area contributed by atoms with Crippen molar-refractivity contribution in [2.75, 3.05) is 19.8 Å². The van der Waals surface area contributed by atoms with Crippen LogP contribution in [0.1, 0.15) is 47.2 Å². The molecular weight excluding hydrogens is 629 g/mol. The molecule has 0 aliphatic carbocycles. The van der Waals surface area contributed by atoms with Gasteiger partial charge in [0.25, 0.3) is 5.91 Å². The lowest BCUT2D eigenvalue weighted by Crippen LogP contribution is -2.18. The molecule has 4 aromatic carbocycles. The summed E-state index contributed by atoms with van der Waals surface area (Å²) in [6, 6.07) is 22.6. The second kappa shape index (κ2) is 14.9. The number of fused-ring (bicyclic) bond motifs is 1. The van der Waals surface area contributed by atoms with E-state index in [1.165, 1.54) is 6.21 Å². The lowest BCUT2D eigenvalue weighted by Gasteiger charge is -2.13. The minimum absolute atomic E-state index is 0.223. The zero-order valence-corrected chi connectivity index (χ0v) is 26.9. The molecule has 1 aromatic heterocycles. The summed E-state index contributed by atoms with van der Waals surface area (Å²) in [5, 5.41) is 5.70. The molecule has 2 N–H and O–H groups in total. The first-order chi connectivity index (χ1) is 22.3. The van der Waals surface area contributed by atoms with Gasteiger partial charge in [0.05, 0.1) is 36.6 Å². The summed E-state index contributed by atoms with van der Waals surface area (Å²) in [6.07, 6.45) is 1.46. The molecule has 0 saturated carbocycles. The van der Waals surface area contributed by atoms with Crippen LogP contribution in [0.4, 0.5) is 0 Å². The summed E-state index contributed by atoms with van der Waals surface area (Å²) in [5.41, 5.74) is 5.80. The first-order valence-corrected chi connectivity index (χ1v) is 15.4. The van der Waals surface area contributed by atoms with E-state index in [1.807, 2.05) is 51.1 Å². The second-order valence-corrected chi connectivity index (χ2v) is 10.7. The van der Waals surface area contributed by atoms with Crippen molar-refractivity contribution in [2.45, 2.75) is 20.8 Å². The highest BCUT2D eigenvalue weighted by Gasteiger charge is 2.22. The van der Waals surface area contributed by atoms with E-state index in [1.54, 1.807) is 48.5 Å². The molecule has 0 spiro atoms. The number of halogens is 2. The minimum atomic E-state index is -0.590. The van der Waals surface area contributed by atoms with Crippen LogP contribution in [-0.4, -0.2) is 42.9 Å². The predicted octanol–water partition coefficient (Wildman–Crippen LogP) is 8.32. The lowest BCUT2D eigenvalue weighted by atomic mass is 10.0. The van der Waals surface area contributed by atoms with Crippen molar-refractivity contribution >= 4 is 52.2 Å². The van der Waals surface area contributed by atoms with Gasteiger partial charge in [0, 0.05) is 21.5 Å². The fraction of sp³-hybridized carbons (Fsp3) is 0.171. The van der Waals surface area contributed by atoms with Crippen LogP contribution in [0.2, 0.25) is 10.0 Å². The van der Waals surface area contributed by atoms with Crippen LogP contribution in [0.3, 0.4) is 0 Å². The van der Waals surface area contributed by atoms with Gasteiger partial charge in [0.1, 0.15) is 5.69 Å². The summed E-state index contributed by atoms with van der Waals surface area (Å²) < 4.78 is 22.6. The summed E-state index contributed by atoms with van der Waals surface area (Å²) in [4.78, 5) is 29.5. The van der Waals surface area contributed by atoms with Crippen LogP contribution in [0.25, 0.3) is 22.0 Å². The molecule has 236 valence electrons. The molecule has 1 heterocycles. The fourth-order valence-electron chi connectivity index (χ4n) is 4.83. The first kappa shape index (κ1) is 32.4. The van der Waals surface area contributed by atoms with E-state index in [9.17, 15) is 9.59 Å². The number of ether oxygens (including phenoxy) is 4. The number of H-pyrrole nitrogens is 1. The zero-order chi connectivity index (χ0) is 32.6. The Morgan fingerprint density at radius 3 is 2.20 bits per heavy atom. The Kier molecular flexibility index (Phi) is 10.5. The van der Waals surface area contributed by atoms with E-state index < -0.39 is 11.9 Å². The molecule has 0 bridgehead atoms. The van der Waals surface area contributed by atoms with E-state index in [4.69, 9.17) is 42.1 Å². The van der Waals surface area contributed by atoms with Gasteiger partial charge in [-0.15, -0.1) is 0 Å². The number of aromatic amines is 1. The van der Waals surface area contributed by atoms with Crippen LogP contribution < -0.4 is 24.4 Å². The Morgan fingerprint density at radius 1 is 0.804 bits per heavy atom. The molecule has 1 amide bonds. The van der Waals surface area contributed by atoms with Crippen molar-refractivity contribution in [2.24, 2.45) is 5.10 Å². The molecule has 9 nitrogen and oxygen atoms in total. The number of hydrazone groups is 1. The molecule has 0 fully saturated rings. The number of hydrogen-bond acceptors (Lipinski definition) is 7. The molecule has 0 saturated heterocycles. The van der Waals surface area contributed by atoms with E-state index in [-0.39, 0.29) is 17.0 Å². The smallest absolute Gasteiger partial charge is 0.343 e. The van der Waals surface area contributed by atoms with Crippen molar-refractivity contribution in [3.63, 3.8) is 0 Å². The van der Waals surface area contributed by atoms with Gasteiger partial charge in [0.15, 0.2) is 23.0 Å². The standard InChI is InChI=1S/C35H31Cl2N3O6/c1-4-43-27-15-13-23(17-30(27)45-6-3)35(42)46-28-14-12-21(16-29(28)44-5-2)20-38-40-34(41)33-31(22-10-8-7-9-11-22)32-25(37)18-24(36)19-26(32)39-33/h7-20,39H,4-6H2,1-3H3,(H,40,41). The maximum Gasteiger partial charge on any atom is 0.343 e. The number of amides is 1. The van der Waals surface area contributed by atoms with Crippen molar-refractivity contribution in [3.8, 4) is 34.1 Å². The summed E-state index contributed by atoms with van der Waals surface area (Å²) in [6.45, 7) is 6.74. The number of hydrogen-bond donors (Lipinski definition) is 2. The minimum Gasteiger partial charge on any atom is -0.490 e. The second-order valence-electron chi connectivity index (χ2n) is 9.81. The molecule has 0 unspecified atom stereocenters. The van der Waals surface area contributed by atoms with E-state index >= 15 is 0 Å². The first-order valence-electron chi connectivity index (χ1n) is 14.6.